The normalized spacial score (nSPS) is 24.3. The largest absolute Gasteiger partial charge is 0.355 e. The van der Waals surface area contributed by atoms with Gasteiger partial charge < -0.3 is 10.2 Å². The highest BCUT2D eigenvalue weighted by Gasteiger charge is 2.50. The molecule has 1 aliphatic heterocycles. The zero-order valence-electron chi connectivity index (χ0n) is 12.0. The molecular formula is C16H20N2O2. The fourth-order valence-corrected chi connectivity index (χ4v) is 3.64. The number of amides is 2. The lowest BCUT2D eigenvalue weighted by molar-refractivity contribution is -0.135. The summed E-state index contributed by atoms with van der Waals surface area (Å²) in [4.78, 5) is 26.5. The molecule has 3 rings (SSSR count). The highest BCUT2D eigenvalue weighted by Crippen LogP contribution is 2.45. The Morgan fingerprint density at radius 1 is 1.40 bits per heavy atom. The Hall–Kier alpha value is -1.84. The summed E-state index contributed by atoms with van der Waals surface area (Å²) in [6, 6.07) is 5.82. The van der Waals surface area contributed by atoms with Gasteiger partial charge in [0.15, 0.2) is 0 Å². The van der Waals surface area contributed by atoms with Gasteiger partial charge in [-0.15, -0.1) is 0 Å². The van der Waals surface area contributed by atoms with Crippen molar-refractivity contribution in [2.24, 2.45) is 5.41 Å². The summed E-state index contributed by atoms with van der Waals surface area (Å²) < 4.78 is 0. The summed E-state index contributed by atoms with van der Waals surface area (Å²) in [5.74, 6) is 0.204. The SMILES string of the molecule is CCN1CCC2(Cc3cccc(C(=O)NC)c3C2)C1=O. The summed E-state index contributed by atoms with van der Waals surface area (Å²) in [6.07, 6.45) is 2.39. The van der Waals surface area contributed by atoms with Crippen LogP contribution in [0.4, 0.5) is 0 Å². The predicted molar refractivity (Wildman–Crippen MR) is 76.5 cm³/mol. The number of benzene rings is 1. The maximum absolute atomic E-state index is 12.6. The first-order chi connectivity index (χ1) is 9.61. The molecule has 1 spiro atoms. The number of carbonyl (C=O) groups is 2. The number of carbonyl (C=O) groups excluding carboxylic acids is 2. The highest BCUT2D eigenvalue weighted by atomic mass is 16.2. The fraction of sp³-hybridized carbons (Fsp3) is 0.500. The van der Waals surface area contributed by atoms with Crippen LogP contribution in [0.25, 0.3) is 0 Å². The maximum Gasteiger partial charge on any atom is 0.251 e. The Morgan fingerprint density at radius 3 is 2.85 bits per heavy atom. The molecule has 1 saturated heterocycles. The summed E-state index contributed by atoms with van der Waals surface area (Å²) in [5.41, 5.74) is 2.67. The minimum atomic E-state index is -0.289. The van der Waals surface area contributed by atoms with Gasteiger partial charge in [-0.2, -0.15) is 0 Å². The van der Waals surface area contributed by atoms with Crippen molar-refractivity contribution in [3.8, 4) is 0 Å². The average molecular weight is 272 g/mol. The molecule has 2 amide bonds. The van der Waals surface area contributed by atoms with Crippen LogP contribution in [0, 0.1) is 5.41 Å². The van der Waals surface area contributed by atoms with Crippen LogP contribution in [0.15, 0.2) is 18.2 Å². The lowest BCUT2D eigenvalue weighted by atomic mass is 9.83. The van der Waals surface area contributed by atoms with E-state index in [4.69, 9.17) is 0 Å². The molecule has 1 heterocycles. The molecule has 20 heavy (non-hydrogen) atoms. The Kier molecular flexibility index (Phi) is 3.04. The van der Waals surface area contributed by atoms with Crippen molar-refractivity contribution in [2.45, 2.75) is 26.2 Å². The summed E-state index contributed by atoms with van der Waals surface area (Å²) in [6.45, 7) is 3.65. The van der Waals surface area contributed by atoms with Gasteiger partial charge in [0, 0.05) is 25.7 Å². The molecule has 0 radical (unpaired) electrons. The number of fused-ring (bicyclic) bond motifs is 1. The van der Waals surface area contributed by atoms with Crippen molar-refractivity contribution in [3.63, 3.8) is 0 Å². The second-order valence-corrected chi connectivity index (χ2v) is 5.79. The van der Waals surface area contributed by atoms with Gasteiger partial charge in [-0.25, -0.2) is 0 Å². The van der Waals surface area contributed by atoms with Crippen LogP contribution in [0.5, 0.6) is 0 Å². The smallest absolute Gasteiger partial charge is 0.251 e. The molecule has 0 saturated carbocycles. The average Bonchev–Trinajstić information content (AvgIpc) is 2.99. The Balaban J connectivity index is 1.97. The predicted octanol–water partition coefficient (Wildman–Crippen LogP) is 1.38. The Bertz CT molecular complexity index is 582. The van der Waals surface area contributed by atoms with Gasteiger partial charge in [-0.3, -0.25) is 9.59 Å². The molecule has 2 aliphatic rings. The third-order valence-electron chi connectivity index (χ3n) is 4.77. The minimum Gasteiger partial charge on any atom is -0.355 e. The van der Waals surface area contributed by atoms with E-state index >= 15 is 0 Å². The van der Waals surface area contributed by atoms with E-state index in [0.29, 0.717) is 6.42 Å². The molecule has 1 atom stereocenters. The second-order valence-electron chi connectivity index (χ2n) is 5.79. The molecule has 1 fully saturated rings. The van der Waals surface area contributed by atoms with Gasteiger partial charge in [-0.1, -0.05) is 12.1 Å². The Labute approximate surface area is 119 Å². The van der Waals surface area contributed by atoms with Gasteiger partial charge in [0.25, 0.3) is 5.91 Å². The van der Waals surface area contributed by atoms with Crippen molar-refractivity contribution >= 4 is 11.8 Å². The summed E-state index contributed by atoms with van der Waals surface area (Å²) in [7, 11) is 1.64. The number of hydrogen-bond donors (Lipinski definition) is 1. The quantitative estimate of drug-likeness (QED) is 0.884. The van der Waals surface area contributed by atoms with Crippen molar-refractivity contribution in [1.29, 1.82) is 0 Å². The monoisotopic (exact) mass is 272 g/mol. The molecule has 4 nitrogen and oxygen atoms in total. The van der Waals surface area contributed by atoms with Gasteiger partial charge in [0.05, 0.1) is 5.41 Å². The summed E-state index contributed by atoms with van der Waals surface area (Å²) in [5, 5.41) is 2.69. The molecule has 0 bridgehead atoms. The third kappa shape index (κ3) is 1.74. The van der Waals surface area contributed by atoms with Gasteiger partial charge in [-0.05, 0) is 43.4 Å². The maximum atomic E-state index is 12.6. The van der Waals surface area contributed by atoms with Gasteiger partial charge in [0.1, 0.15) is 0 Å². The molecular weight excluding hydrogens is 252 g/mol. The third-order valence-corrected chi connectivity index (χ3v) is 4.77. The van der Waals surface area contributed by atoms with Crippen LogP contribution in [-0.2, 0) is 17.6 Å². The number of nitrogens with zero attached hydrogens (tertiary/aromatic N) is 1. The van der Waals surface area contributed by atoms with Crippen LogP contribution in [-0.4, -0.2) is 36.9 Å². The topological polar surface area (TPSA) is 49.4 Å². The number of likely N-dealkylation sites (tertiary alicyclic amines) is 1. The molecule has 1 aromatic carbocycles. The fourth-order valence-electron chi connectivity index (χ4n) is 3.64. The molecule has 1 aliphatic carbocycles. The van der Waals surface area contributed by atoms with Crippen LogP contribution in [0.1, 0.15) is 34.8 Å². The second kappa shape index (κ2) is 4.62. The van der Waals surface area contributed by atoms with Gasteiger partial charge >= 0.3 is 0 Å². The summed E-state index contributed by atoms with van der Waals surface area (Å²) >= 11 is 0. The first kappa shape index (κ1) is 13.2. The van der Waals surface area contributed by atoms with Crippen molar-refractivity contribution < 1.29 is 9.59 Å². The van der Waals surface area contributed by atoms with E-state index in [2.05, 4.69) is 11.4 Å². The Morgan fingerprint density at radius 2 is 2.20 bits per heavy atom. The van der Waals surface area contributed by atoms with E-state index in [1.807, 2.05) is 24.0 Å². The van der Waals surface area contributed by atoms with E-state index in [0.717, 1.165) is 42.6 Å². The first-order valence-corrected chi connectivity index (χ1v) is 7.23. The van der Waals surface area contributed by atoms with Crippen LogP contribution < -0.4 is 5.32 Å². The van der Waals surface area contributed by atoms with Crippen molar-refractivity contribution in [3.05, 3.63) is 34.9 Å². The number of nitrogens with one attached hydrogen (secondary N) is 1. The molecule has 0 aromatic heterocycles. The lowest BCUT2D eigenvalue weighted by Crippen LogP contribution is -2.35. The van der Waals surface area contributed by atoms with Crippen LogP contribution in [0.3, 0.4) is 0 Å². The number of rotatable bonds is 2. The zero-order chi connectivity index (χ0) is 14.3. The van der Waals surface area contributed by atoms with E-state index in [9.17, 15) is 9.59 Å². The van der Waals surface area contributed by atoms with Crippen LogP contribution in [0.2, 0.25) is 0 Å². The van der Waals surface area contributed by atoms with Crippen molar-refractivity contribution in [1.82, 2.24) is 10.2 Å². The van der Waals surface area contributed by atoms with E-state index in [1.54, 1.807) is 7.05 Å². The van der Waals surface area contributed by atoms with E-state index in [-0.39, 0.29) is 17.2 Å². The van der Waals surface area contributed by atoms with E-state index < -0.39 is 0 Å². The zero-order valence-corrected chi connectivity index (χ0v) is 12.0. The molecule has 4 heteroatoms. The number of hydrogen-bond acceptors (Lipinski definition) is 2. The van der Waals surface area contributed by atoms with E-state index in [1.165, 1.54) is 0 Å². The minimum absolute atomic E-state index is 0.0586. The lowest BCUT2D eigenvalue weighted by Gasteiger charge is -2.21. The molecule has 1 unspecified atom stereocenters. The highest BCUT2D eigenvalue weighted by molar-refractivity contribution is 5.97. The van der Waals surface area contributed by atoms with Crippen LogP contribution >= 0.6 is 0 Å². The molecule has 1 aromatic rings. The standard InChI is InChI=1S/C16H20N2O2/c1-3-18-8-7-16(15(18)20)9-11-5-4-6-12(13(11)10-16)14(19)17-2/h4-6H,3,7-10H2,1-2H3,(H,17,19). The molecule has 106 valence electrons. The van der Waals surface area contributed by atoms with Gasteiger partial charge in [0.2, 0.25) is 5.91 Å². The first-order valence-electron chi connectivity index (χ1n) is 7.23. The molecule has 1 N–H and O–H groups in total. The van der Waals surface area contributed by atoms with Crippen molar-refractivity contribution in [2.75, 3.05) is 20.1 Å².